The average Bonchev–Trinajstić information content (AvgIpc) is 2.75. The number of hydrogen-bond acceptors (Lipinski definition) is 0. The summed E-state index contributed by atoms with van der Waals surface area (Å²) in [7, 11) is 2.03. The number of rotatable bonds is 3. The number of aryl methyl sites for hydroxylation is 4. The van der Waals surface area contributed by atoms with E-state index in [4.69, 9.17) is 5.48 Å². The molecule has 1 aliphatic carbocycles. The maximum absolute atomic E-state index is 9.08. The fourth-order valence-electron chi connectivity index (χ4n) is 4.48. The molecule has 1 aliphatic rings. The van der Waals surface area contributed by atoms with Crippen LogP contribution >= 0.6 is 0 Å². The molecule has 4 rings (SSSR count). The molecule has 0 atom stereocenters. The van der Waals surface area contributed by atoms with E-state index in [1.807, 2.05) is 56.4 Å². The van der Waals surface area contributed by atoms with Crippen LogP contribution in [0.3, 0.4) is 0 Å². The average molecular weight is 375 g/mol. The van der Waals surface area contributed by atoms with Crippen LogP contribution in [0.5, 0.6) is 0 Å². The lowest BCUT2D eigenvalue weighted by Gasteiger charge is -2.23. The topological polar surface area (TPSA) is 3.88 Å². The number of benzene rings is 2. The number of nitrogens with zero attached hydrogens (tertiary/aromatic N) is 1. The normalized spacial score (nSPS) is 18.7. The predicted octanol–water partition coefficient (Wildman–Crippen LogP) is 6.82. The van der Waals surface area contributed by atoms with Gasteiger partial charge in [-0.15, -0.1) is 0 Å². The molecule has 1 nitrogen and oxygen atoms in total. The van der Waals surface area contributed by atoms with E-state index in [0.717, 1.165) is 64.8 Å². The minimum atomic E-state index is -2.19. The maximum atomic E-state index is 9.08. The van der Waals surface area contributed by atoms with Gasteiger partial charge in [-0.1, -0.05) is 55.7 Å². The molecule has 1 aromatic heterocycles. The molecule has 144 valence electrons. The summed E-state index contributed by atoms with van der Waals surface area (Å²) in [4.78, 5) is 0. The summed E-state index contributed by atoms with van der Waals surface area (Å²) in [5.41, 5.74) is 7.29. The van der Waals surface area contributed by atoms with Gasteiger partial charge in [0, 0.05) is 22.7 Å². The molecule has 1 saturated carbocycles. The predicted molar refractivity (Wildman–Crippen MR) is 119 cm³/mol. The molecule has 0 unspecified atom stereocenters. The molecule has 1 heteroatoms. The third-order valence-electron chi connectivity index (χ3n) is 6.04. The summed E-state index contributed by atoms with van der Waals surface area (Å²) in [5, 5.41) is 0. The zero-order valence-corrected chi connectivity index (χ0v) is 17.2. The summed E-state index contributed by atoms with van der Waals surface area (Å²) in [6.07, 6.45) is 7.41. The van der Waals surface area contributed by atoms with Gasteiger partial charge in [-0.3, -0.25) is 0 Å². The van der Waals surface area contributed by atoms with E-state index in [2.05, 4.69) is 23.8 Å². The molecule has 2 aromatic carbocycles. The first kappa shape index (κ1) is 14.6. The van der Waals surface area contributed by atoms with E-state index >= 15 is 0 Å². The summed E-state index contributed by atoms with van der Waals surface area (Å²) in [6, 6.07) is 15.8. The Bertz CT molecular complexity index is 1130. The minimum absolute atomic E-state index is 0.383. The van der Waals surface area contributed by atoms with Crippen LogP contribution in [0, 0.1) is 20.7 Å². The third kappa shape index (κ3) is 3.63. The van der Waals surface area contributed by atoms with Gasteiger partial charge in [-0.2, -0.15) is 0 Å². The Hall–Kier alpha value is -2.41. The lowest BCUT2D eigenvalue weighted by molar-refractivity contribution is -0.661. The molecule has 0 saturated heterocycles. The molecule has 1 fully saturated rings. The van der Waals surface area contributed by atoms with Gasteiger partial charge in [-0.25, -0.2) is 4.57 Å². The van der Waals surface area contributed by atoms with Gasteiger partial charge in [-0.05, 0) is 73.3 Å². The van der Waals surface area contributed by atoms with Crippen LogP contribution in [0.4, 0.5) is 0 Å². The van der Waals surface area contributed by atoms with Crippen molar-refractivity contribution in [3.05, 3.63) is 77.0 Å². The van der Waals surface area contributed by atoms with E-state index in [9.17, 15) is 0 Å². The second kappa shape index (κ2) is 7.91. The monoisotopic (exact) mass is 374 g/mol. The summed E-state index contributed by atoms with van der Waals surface area (Å²) < 4.78 is 35.4. The standard InChI is InChI=1S/C27H32N/c1-19-15-20(2)25(17-24(19)22-11-7-5-8-12-22)27-16-21(3)26(18-28(27)4)23-13-9-6-10-14-23/h5,7-8,11-12,15-18,23H,6,9-10,13-14H2,1-4H3/q+1/i1D3,23D. The Morgan fingerprint density at radius 2 is 1.64 bits per heavy atom. The lowest BCUT2D eigenvalue weighted by Crippen LogP contribution is -2.32. The fourth-order valence-corrected chi connectivity index (χ4v) is 4.48. The molecule has 0 radical (unpaired) electrons. The Morgan fingerprint density at radius 3 is 2.36 bits per heavy atom. The van der Waals surface area contributed by atoms with Crippen molar-refractivity contribution in [2.45, 2.75) is 58.7 Å². The van der Waals surface area contributed by atoms with Gasteiger partial charge < -0.3 is 0 Å². The largest absolute Gasteiger partial charge is 0.212 e. The molecule has 0 N–H and O–H groups in total. The van der Waals surface area contributed by atoms with Crippen LogP contribution in [0.2, 0.25) is 0 Å². The summed E-state index contributed by atoms with van der Waals surface area (Å²) in [6.45, 7) is 1.90. The Morgan fingerprint density at radius 1 is 0.893 bits per heavy atom. The molecule has 0 bridgehead atoms. The highest BCUT2D eigenvalue weighted by molar-refractivity contribution is 5.75. The van der Waals surface area contributed by atoms with Crippen molar-refractivity contribution in [2.24, 2.45) is 7.05 Å². The Kier molecular flexibility index (Phi) is 4.12. The highest BCUT2D eigenvalue weighted by Crippen LogP contribution is 2.36. The first-order valence-corrected chi connectivity index (χ1v) is 10.3. The molecule has 0 aliphatic heterocycles. The van der Waals surface area contributed by atoms with Crippen LogP contribution in [0.25, 0.3) is 22.4 Å². The smallest absolute Gasteiger partial charge is 0.201 e. The van der Waals surface area contributed by atoms with E-state index in [-0.39, 0.29) is 0 Å². The van der Waals surface area contributed by atoms with E-state index < -0.39 is 12.7 Å². The zero-order valence-electron chi connectivity index (χ0n) is 21.2. The molecule has 3 aromatic rings. The van der Waals surface area contributed by atoms with Crippen LogP contribution in [-0.2, 0) is 7.05 Å². The van der Waals surface area contributed by atoms with E-state index in [1.54, 1.807) is 0 Å². The zero-order chi connectivity index (χ0) is 23.1. The van der Waals surface area contributed by atoms with Gasteiger partial charge in [0.05, 0.1) is 0 Å². The molecule has 1 heterocycles. The number of pyridine rings is 1. The Labute approximate surface area is 175 Å². The minimum Gasteiger partial charge on any atom is -0.201 e. The van der Waals surface area contributed by atoms with Crippen molar-refractivity contribution in [3.63, 3.8) is 0 Å². The molecular formula is C27H32N+. The number of aromatic nitrogens is 1. The maximum Gasteiger partial charge on any atom is 0.212 e. The van der Waals surface area contributed by atoms with Crippen LogP contribution in [0.1, 0.15) is 65.7 Å². The van der Waals surface area contributed by atoms with Crippen LogP contribution in [0.15, 0.2) is 54.7 Å². The van der Waals surface area contributed by atoms with E-state index in [1.165, 1.54) is 6.42 Å². The second-order valence-corrected chi connectivity index (χ2v) is 8.11. The van der Waals surface area contributed by atoms with Crippen molar-refractivity contribution in [2.75, 3.05) is 0 Å². The number of hydrogen-bond donors (Lipinski definition) is 0. The van der Waals surface area contributed by atoms with Crippen molar-refractivity contribution >= 4 is 0 Å². The first-order chi connectivity index (χ1) is 15.1. The van der Waals surface area contributed by atoms with Gasteiger partial charge in [0.1, 0.15) is 7.05 Å². The van der Waals surface area contributed by atoms with Gasteiger partial charge in [0.15, 0.2) is 6.20 Å². The van der Waals surface area contributed by atoms with Gasteiger partial charge >= 0.3 is 0 Å². The molecular weight excluding hydrogens is 338 g/mol. The first-order valence-electron chi connectivity index (χ1n) is 12.3. The van der Waals surface area contributed by atoms with Crippen molar-refractivity contribution in [1.82, 2.24) is 0 Å². The molecule has 0 amide bonds. The highest BCUT2D eigenvalue weighted by Gasteiger charge is 2.23. The quantitative estimate of drug-likeness (QED) is 0.443. The summed E-state index contributed by atoms with van der Waals surface area (Å²) in [5.74, 6) is -0.506. The van der Waals surface area contributed by atoms with Crippen LogP contribution < -0.4 is 4.57 Å². The molecule has 28 heavy (non-hydrogen) atoms. The highest BCUT2D eigenvalue weighted by atomic mass is 14.9. The van der Waals surface area contributed by atoms with Gasteiger partial charge in [0.25, 0.3) is 0 Å². The van der Waals surface area contributed by atoms with E-state index in [0.29, 0.717) is 5.56 Å². The molecule has 0 spiro atoms. The SMILES string of the molecule is [2H]C([2H])([2H])c1cc(C)c(-c2cc(C)c(C3([2H])CCCCC3)c[n+]2C)cc1-c1ccccc1. The van der Waals surface area contributed by atoms with Gasteiger partial charge in [0.2, 0.25) is 5.69 Å². The lowest BCUT2D eigenvalue weighted by atomic mass is 9.82. The Balaban J connectivity index is 1.88. The van der Waals surface area contributed by atoms with Crippen molar-refractivity contribution in [1.29, 1.82) is 0 Å². The van der Waals surface area contributed by atoms with Crippen LogP contribution in [-0.4, -0.2) is 0 Å². The van der Waals surface area contributed by atoms with Crippen molar-refractivity contribution in [3.8, 4) is 22.4 Å². The fraction of sp³-hybridized carbons (Fsp3) is 0.370. The summed E-state index contributed by atoms with van der Waals surface area (Å²) >= 11 is 0. The van der Waals surface area contributed by atoms with Crippen molar-refractivity contribution < 1.29 is 10.1 Å². The third-order valence-corrected chi connectivity index (χ3v) is 6.04. The second-order valence-electron chi connectivity index (χ2n) is 8.11.